The summed E-state index contributed by atoms with van der Waals surface area (Å²) in [6.07, 6.45) is -8.39. The number of nitrogens with zero attached hydrogens (tertiary/aromatic N) is 4. The van der Waals surface area contributed by atoms with Crippen LogP contribution in [0.15, 0.2) is 5.10 Å². The van der Waals surface area contributed by atoms with Crippen LogP contribution in [0.3, 0.4) is 0 Å². The summed E-state index contributed by atoms with van der Waals surface area (Å²) in [7, 11) is 0. The molecule has 0 bridgehead atoms. The molecule has 0 heterocycles. The highest BCUT2D eigenvalue weighted by Crippen LogP contribution is 2.13. The molecule has 0 aliphatic heterocycles. The summed E-state index contributed by atoms with van der Waals surface area (Å²) in [5.41, 5.74) is 1.81. The highest BCUT2D eigenvalue weighted by Gasteiger charge is 2.42. The molecule has 33 heavy (non-hydrogen) atoms. The van der Waals surface area contributed by atoms with Crippen LogP contribution < -0.4 is 5.43 Å². The number of imide groups is 1. The van der Waals surface area contributed by atoms with Gasteiger partial charge in [-0.05, 0) is 55.4 Å². The van der Waals surface area contributed by atoms with Crippen molar-refractivity contribution in [2.45, 2.75) is 79.8 Å². The van der Waals surface area contributed by atoms with Crippen LogP contribution in [0.1, 0.15) is 55.4 Å². The average molecular weight is 471 g/mol. The van der Waals surface area contributed by atoms with Gasteiger partial charge >= 0.3 is 30.2 Å². The van der Waals surface area contributed by atoms with E-state index in [1.54, 1.807) is 5.43 Å². The van der Waals surface area contributed by atoms with Crippen molar-refractivity contribution < 1.29 is 42.9 Å². The number of Topliss-reactive ketones (excluding diaryl/α,β-unsaturated/α-hetero) is 1. The van der Waals surface area contributed by atoms with Gasteiger partial charge in [-0.1, -0.05) is 0 Å². The van der Waals surface area contributed by atoms with Crippen LogP contribution in [0.5, 0.6) is 0 Å². The van der Waals surface area contributed by atoms with Crippen LogP contribution in [-0.4, -0.2) is 70.4 Å². The predicted molar refractivity (Wildman–Crippen MR) is 111 cm³/mol. The lowest BCUT2D eigenvalue weighted by molar-refractivity contribution is -0.109. The molecule has 184 valence electrons. The van der Waals surface area contributed by atoms with E-state index in [2.05, 4.69) is 5.10 Å². The van der Waals surface area contributed by atoms with Crippen LogP contribution in [0, 0.1) is 11.3 Å². The third-order valence-corrected chi connectivity index (χ3v) is 2.83. The number of hydrogen-bond acceptors (Lipinski definition) is 11. The molecule has 0 unspecified atom stereocenters. The fraction of sp³-hybridized carbons (Fsp3) is 0.632. The third-order valence-electron chi connectivity index (χ3n) is 2.83. The number of amidine groups is 1. The third kappa shape index (κ3) is 10.3. The fourth-order valence-electron chi connectivity index (χ4n) is 1.84. The van der Waals surface area contributed by atoms with Gasteiger partial charge in [0.15, 0.2) is 0 Å². The summed E-state index contributed by atoms with van der Waals surface area (Å²) in [5, 5.41) is 12.6. The summed E-state index contributed by atoms with van der Waals surface area (Å²) < 4.78 is 19.7. The lowest BCUT2D eigenvalue weighted by atomic mass is 10.4. The van der Waals surface area contributed by atoms with Gasteiger partial charge in [0.05, 0.1) is 24.4 Å². The first kappa shape index (κ1) is 29.1. The molecule has 14 nitrogen and oxygen atoms in total. The Morgan fingerprint density at radius 2 is 1.06 bits per heavy atom. The Morgan fingerprint density at radius 3 is 1.39 bits per heavy atom. The van der Waals surface area contributed by atoms with Crippen molar-refractivity contribution in [1.29, 1.82) is 5.26 Å². The van der Waals surface area contributed by atoms with Gasteiger partial charge in [-0.3, -0.25) is 4.79 Å². The SMILES string of the molecule is CC(C)OC(=O)N/N=C(\C(=O)C#N)N(C(=O)OC(C)C)N(C(=O)OC(C)C)C(=O)OC(C)C. The molecule has 0 aromatic carbocycles. The molecule has 0 aliphatic rings. The van der Waals surface area contributed by atoms with Crippen molar-refractivity contribution in [1.82, 2.24) is 15.4 Å². The predicted octanol–water partition coefficient (Wildman–Crippen LogP) is 2.68. The molecule has 0 atom stereocenters. The van der Waals surface area contributed by atoms with Crippen molar-refractivity contribution in [2.75, 3.05) is 0 Å². The minimum atomic E-state index is -1.51. The Labute approximate surface area is 191 Å². The minimum Gasteiger partial charge on any atom is -0.446 e. The molecule has 0 radical (unpaired) electrons. The Balaban J connectivity index is 6.70. The lowest BCUT2D eigenvalue weighted by Gasteiger charge is -2.31. The number of hydrazine groups is 1. The average Bonchev–Trinajstić information content (AvgIpc) is 2.64. The molecule has 0 aliphatic carbocycles. The number of carbonyl (C=O) groups is 5. The van der Waals surface area contributed by atoms with E-state index in [9.17, 15) is 24.0 Å². The first-order valence-corrected chi connectivity index (χ1v) is 9.91. The standard InChI is InChI=1S/C19H29N5O9/c1-10(2)30-16(26)22-21-15(14(25)9-20)23(17(27)31-11(3)4)24(18(28)32-12(5)6)19(29)33-13(7)8/h10-13H,1-8H3,(H,22,26)/b21-15+. The van der Waals surface area contributed by atoms with Gasteiger partial charge < -0.3 is 18.9 Å². The normalized spacial score (nSPS) is 11.1. The van der Waals surface area contributed by atoms with Crippen molar-refractivity contribution >= 4 is 36.0 Å². The molecule has 0 saturated carbocycles. The van der Waals surface area contributed by atoms with Crippen molar-refractivity contribution in [3.8, 4) is 6.07 Å². The zero-order valence-electron chi connectivity index (χ0n) is 19.8. The molecular weight excluding hydrogens is 442 g/mol. The molecule has 0 spiro atoms. The van der Waals surface area contributed by atoms with Crippen molar-refractivity contribution in [3.63, 3.8) is 0 Å². The van der Waals surface area contributed by atoms with Crippen LogP contribution in [0.4, 0.5) is 19.2 Å². The summed E-state index contributed by atoms with van der Waals surface area (Å²) in [6.45, 7) is 11.8. The maximum absolute atomic E-state index is 12.8. The number of amides is 4. The van der Waals surface area contributed by atoms with Crippen molar-refractivity contribution in [3.05, 3.63) is 0 Å². The molecule has 4 amide bonds. The van der Waals surface area contributed by atoms with Crippen molar-refractivity contribution in [2.24, 2.45) is 5.10 Å². The number of nitrogens with one attached hydrogen (secondary N) is 1. The van der Waals surface area contributed by atoms with Gasteiger partial charge in [-0.2, -0.15) is 5.26 Å². The van der Waals surface area contributed by atoms with Gasteiger partial charge in [-0.25, -0.2) is 24.6 Å². The van der Waals surface area contributed by atoms with Gasteiger partial charge in [0.2, 0.25) is 5.84 Å². The maximum Gasteiger partial charge on any atom is 0.439 e. The smallest absolute Gasteiger partial charge is 0.439 e. The van der Waals surface area contributed by atoms with E-state index in [1.165, 1.54) is 61.5 Å². The number of nitriles is 1. The number of carbonyl (C=O) groups excluding carboxylic acids is 5. The molecule has 0 rings (SSSR count). The van der Waals surface area contributed by atoms with E-state index in [0.29, 0.717) is 0 Å². The topological polar surface area (TPSA) is 177 Å². The molecule has 1 N–H and O–H groups in total. The van der Waals surface area contributed by atoms with Crippen LogP contribution in [0.2, 0.25) is 0 Å². The highest BCUT2D eigenvalue weighted by molar-refractivity contribution is 6.46. The molecule has 0 saturated heterocycles. The Kier molecular flexibility index (Phi) is 11.9. The second kappa shape index (κ2) is 13.5. The minimum absolute atomic E-state index is 0.00571. The lowest BCUT2D eigenvalue weighted by Crippen LogP contribution is -2.58. The molecular formula is C19H29N5O9. The zero-order chi connectivity index (χ0) is 25.9. The van der Waals surface area contributed by atoms with E-state index in [1.807, 2.05) is 0 Å². The zero-order valence-corrected chi connectivity index (χ0v) is 19.8. The number of ketones is 1. The molecule has 0 aromatic rings. The van der Waals surface area contributed by atoms with Crippen LogP contribution in [0.25, 0.3) is 0 Å². The van der Waals surface area contributed by atoms with E-state index in [-0.39, 0.29) is 10.0 Å². The first-order valence-electron chi connectivity index (χ1n) is 9.91. The number of rotatable bonds is 6. The highest BCUT2D eigenvalue weighted by atomic mass is 16.6. The number of ether oxygens (including phenoxy) is 4. The summed E-state index contributed by atoms with van der Waals surface area (Å²) in [6, 6.07) is 1.19. The molecule has 0 fully saturated rings. The van der Waals surface area contributed by atoms with E-state index >= 15 is 0 Å². The fourth-order valence-corrected chi connectivity index (χ4v) is 1.84. The quantitative estimate of drug-likeness (QED) is 0.199. The number of hydrogen-bond donors (Lipinski definition) is 1. The van der Waals surface area contributed by atoms with Gasteiger partial charge in [0.25, 0.3) is 0 Å². The summed E-state index contributed by atoms with van der Waals surface area (Å²) in [5.74, 6) is -2.68. The van der Waals surface area contributed by atoms with Gasteiger partial charge in [0, 0.05) is 0 Å². The Bertz CT molecular complexity index is 793. The van der Waals surface area contributed by atoms with Gasteiger partial charge in [-0.15, -0.1) is 15.1 Å². The van der Waals surface area contributed by atoms with E-state index in [4.69, 9.17) is 24.2 Å². The summed E-state index contributed by atoms with van der Waals surface area (Å²) >= 11 is 0. The first-order chi connectivity index (χ1) is 15.2. The number of hydrazone groups is 1. The second-order valence-electron chi connectivity index (χ2n) is 7.36. The summed E-state index contributed by atoms with van der Waals surface area (Å²) in [4.78, 5) is 62.3. The van der Waals surface area contributed by atoms with E-state index in [0.717, 1.165) is 0 Å². The van der Waals surface area contributed by atoms with E-state index < -0.39 is 60.4 Å². The second-order valence-corrected chi connectivity index (χ2v) is 7.36. The Morgan fingerprint density at radius 1 is 0.697 bits per heavy atom. The molecule has 14 heteroatoms. The maximum atomic E-state index is 12.8. The van der Waals surface area contributed by atoms with Gasteiger partial charge in [0.1, 0.15) is 6.07 Å². The monoisotopic (exact) mass is 471 g/mol. The molecule has 0 aromatic heterocycles. The largest absolute Gasteiger partial charge is 0.446 e. The Hall–Kier alpha value is -3.89. The van der Waals surface area contributed by atoms with Crippen LogP contribution in [-0.2, 0) is 23.7 Å². The van der Waals surface area contributed by atoms with Crippen LogP contribution >= 0.6 is 0 Å².